The Balaban J connectivity index is 1.82. The van der Waals surface area contributed by atoms with E-state index in [-0.39, 0.29) is 29.5 Å². The molecule has 2 amide bonds. The van der Waals surface area contributed by atoms with Crippen molar-refractivity contribution < 1.29 is 22.7 Å². The van der Waals surface area contributed by atoms with E-state index in [2.05, 4.69) is 5.32 Å². The summed E-state index contributed by atoms with van der Waals surface area (Å²) in [6, 6.07) is 28.8. The highest BCUT2D eigenvalue weighted by Gasteiger charge is 2.35. The zero-order valence-electron chi connectivity index (χ0n) is 27.1. The van der Waals surface area contributed by atoms with Crippen LogP contribution in [0.5, 0.6) is 5.75 Å². The number of nitrogens with zero attached hydrogens (tertiary/aromatic N) is 2. The van der Waals surface area contributed by atoms with Crippen LogP contribution in [-0.4, -0.2) is 50.9 Å². The predicted molar refractivity (Wildman–Crippen MR) is 187 cm³/mol. The first-order valence-corrected chi connectivity index (χ1v) is 17.6. The van der Waals surface area contributed by atoms with Crippen molar-refractivity contribution in [2.45, 2.75) is 57.5 Å². The maximum Gasteiger partial charge on any atom is 0.264 e. The fourth-order valence-electron chi connectivity index (χ4n) is 5.14. The van der Waals surface area contributed by atoms with E-state index in [1.54, 1.807) is 67.6 Å². The number of unbranched alkanes of at least 4 members (excludes halogenated alkanes) is 1. The second kappa shape index (κ2) is 17.0. The van der Waals surface area contributed by atoms with Crippen LogP contribution in [0.1, 0.15) is 43.4 Å². The van der Waals surface area contributed by atoms with Gasteiger partial charge in [0.2, 0.25) is 11.8 Å². The highest BCUT2D eigenvalue weighted by atomic mass is 35.5. The number of rotatable bonds is 16. The predicted octanol–water partition coefficient (Wildman–Crippen LogP) is 6.80. The Hall–Kier alpha value is -4.34. The lowest BCUT2D eigenvalue weighted by Gasteiger charge is -2.34. The standard InChI is InChI=1S/C37H42ClN3O5S/c1-4-6-24-39-37(43)34(25-29-12-8-7-9-13-29)40(26-30-18-20-31(38)21-19-30)36(42)27-41(33-14-10-11-15-35(33)46-5-2)47(44,45)32-22-16-28(3)17-23-32/h7-23,34H,4-6,24-27H2,1-3H3,(H,39,43). The van der Waals surface area contributed by atoms with Crippen LogP contribution in [0.3, 0.4) is 0 Å². The highest BCUT2D eigenvalue weighted by Crippen LogP contribution is 2.33. The maximum atomic E-state index is 14.6. The summed E-state index contributed by atoms with van der Waals surface area (Å²) in [5, 5.41) is 3.54. The van der Waals surface area contributed by atoms with Crippen molar-refractivity contribution in [2.24, 2.45) is 0 Å². The SMILES string of the molecule is CCCCNC(=O)C(Cc1ccccc1)N(Cc1ccc(Cl)cc1)C(=O)CN(c1ccccc1OCC)S(=O)(=O)c1ccc(C)cc1. The average Bonchev–Trinajstić information content (AvgIpc) is 3.07. The van der Waals surface area contributed by atoms with Gasteiger partial charge in [0.05, 0.1) is 17.2 Å². The minimum Gasteiger partial charge on any atom is -0.492 e. The van der Waals surface area contributed by atoms with Gasteiger partial charge in [-0.1, -0.05) is 97.2 Å². The summed E-state index contributed by atoms with van der Waals surface area (Å²) in [6.07, 6.45) is 1.91. The number of carbonyl (C=O) groups is 2. The first kappa shape index (κ1) is 35.5. The molecule has 248 valence electrons. The molecule has 0 aliphatic heterocycles. The van der Waals surface area contributed by atoms with Crippen molar-refractivity contribution >= 4 is 39.1 Å². The van der Waals surface area contributed by atoms with E-state index < -0.39 is 28.5 Å². The Morgan fingerprint density at radius 2 is 1.51 bits per heavy atom. The molecule has 1 unspecified atom stereocenters. The number of aryl methyl sites for hydroxylation is 1. The van der Waals surface area contributed by atoms with Gasteiger partial charge in [-0.3, -0.25) is 13.9 Å². The van der Waals surface area contributed by atoms with Crippen molar-refractivity contribution in [3.8, 4) is 5.75 Å². The molecule has 10 heteroatoms. The molecule has 0 heterocycles. The van der Waals surface area contributed by atoms with E-state index >= 15 is 0 Å². The third-order valence-corrected chi connectivity index (χ3v) is 9.71. The van der Waals surface area contributed by atoms with Crippen LogP contribution in [0.2, 0.25) is 5.02 Å². The molecular weight excluding hydrogens is 634 g/mol. The molecule has 1 atom stereocenters. The number of sulfonamides is 1. The van der Waals surface area contributed by atoms with Gasteiger partial charge in [0.25, 0.3) is 10.0 Å². The molecule has 4 aromatic carbocycles. The second-order valence-corrected chi connectivity index (χ2v) is 13.5. The molecule has 0 radical (unpaired) electrons. The Labute approximate surface area is 283 Å². The van der Waals surface area contributed by atoms with Gasteiger partial charge in [-0.25, -0.2) is 8.42 Å². The topological polar surface area (TPSA) is 96.0 Å². The number of benzene rings is 4. The zero-order chi connectivity index (χ0) is 33.8. The van der Waals surface area contributed by atoms with Gasteiger partial charge < -0.3 is 15.0 Å². The average molecular weight is 676 g/mol. The lowest BCUT2D eigenvalue weighted by Crippen LogP contribution is -2.53. The van der Waals surface area contributed by atoms with Crippen molar-refractivity contribution in [2.75, 3.05) is 24.0 Å². The molecule has 0 aliphatic carbocycles. The van der Waals surface area contributed by atoms with Crippen molar-refractivity contribution in [1.82, 2.24) is 10.2 Å². The quantitative estimate of drug-likeness (QED) is 0.132. The van der Waals surface area contributed by atoms with Crippen molar-refractivity contribution in [1.29, 1.82) is 0 Å². The van der Waals surface area contributed by atoms with E-state index in [0.717, 1.165) is 33.8 Å². The molecule has 1 N–H and O–H groups in total. The number of anilines is 1. The summed E-state index contributed by atoms with van der Waals surface area (Å²) >= 11 is 6.17. The molecule has 4 aromatic rings. The molecule has 0 aromatic heterocycles. The molecule has 0 aliphatic rings. The Morgan fingerprint density at radius 1 is 0.851 bits per heavy atom. The van der Waals surface area contributed by atoms with Gasteiger partial charge in [-0.05, 0) is 67.8 Å². The van der Waals surface area contributed by atoms with E-state index in [1.165, 1.54) is 17.0 Å². The van der Waals surface area contributed by atoms with Crippen molar-refractivity contribution in [3.05, 3.63) is 125 Å². The smallest absolute Gasteiger partial charge is 0.264 e. The minimum absolute atomic E-state index is 0.0320. The largest absolute Gasteiger partial charge is 0.492 e. The normalized spacial score (nSPS) is 11.8. The Kier molecular flexibility index (Phi) is 12.8. The molecular formula is C37H42ClN3O5S. The number of hydrogen-bond acceptors (Lipinski definition) is 5. The van der Waals surface area contributed by atoms with Crippen LogP contribution in [0.4, 0.5) is 5.69 Å². The molecule has 4 rings (SSSR count). The monoisotopic (exact) mass is 675 g/mol. The van der Waals surface area contributed by atoms with E-state index in [4.69, 9.17) is 16.3 Å². The van der Waals surface area contributed by atoms with Crippen LogP contribution in [0.15, 0.2) is 108 Å². The third kappa shape index (κ3) is 9.59. The number of hydrogen-bond donors (Lipinski definition) is 1. The third-order valence-electron chi connectivity index (χ3n) is 7.69. The summed E-state index contributed by atoms with van der Waals surface area (Å²) in [6.45, 7) is 5.95. The fourth-order valence-corrected chi connectivity index (χ4v) is 6.69. The first-order chi connectivity index (χ1) is 22.6. The molecule has 0 bridgehead atoms. The number of amides is 2. The number of carbonyl (C=O) groups excluding carboxylic acids is 2. The molecule has 8 nitrogen and oxygen atoms in total. The maximum absolute atomic E-state index is 14.6. The summed E-state index contributed by atoms with van der Waals surface area (Å²) in [5.74, 6) is -0.540. The number of nitrogens with one attached hydrogen (secondary N) is 1. The van der Waals surface area contributed by atoms with E-state index in [0.29, 0.717) is 23.9 Å². The molecule has 0 fully saturated rings. The van der Waals surface area contributed by atoms with Crippen LogP contribution in [-0.2, 0) is 32.6 Å². The lowest BCUT2D eigenvalue weighted by molar-refractivity contribution is -0.140. The van der Waals surface area contributed by atoms with Crippen LogP contribution >= 0.6 is 11.6 Å². The van der Waals surface area contributed by atoms with Gasteiger partial charge in [-0.2, -0.15) is 0 Å². The molecule has 0 saturated carbocycles. The number of halogens is 1. The van der Waals surface area contributed by atoms with E-state index in [1.807, 2.05) is 44.2 Å². The summed E-state index contributed by atoms with van der Waals surface area (Å²) in [7, 11) is -4.25. The summed E-state index contributed by atoms with van der Waals surface area (Å²) < 4.78 is 35.6. The Bertz CT molecular complexity index is 1720. The van der Waals surface area contributed by atoms with E-state index in [9.17, 15) is 18.0 Å². The number of ether oxygens (including phenoxy) is 1. The number of para-hydroxylation sites is 2. The summed E-state index contributed by atoms with van der Waals surface area (Å²) in [5.41, 5.74) is 2.72. The van der Waals surface area contributed by atoms with Crippen LogP contribution in [0, 0.1) is 6.92 Å². The van der Waals surface area contributed by atoms with Gasteiger partial charge >= 0.3 is 0 Å². The van der Waals surface area contributed by atoms with Gasteiger partial charge in [0, 0.05) is 24.5 Å². The zero-order valence-corrected chi connectivity index (χ0v) is 28.6. The molecule has 0 saturated heterocycles. The lowest BCUT2D eigenvalue weighted by atomic mass is 10.0. The summed E-state index contributed by atoms with van der Waals surface area (Å²) in [4.78, 5) is 30.0. The first-order valence-electron chi connectivity index (χ1n) is 15.8. The molecule has 0 spiro atoms. The van der Waals surface area contributed by atoms with Gasteiger partial charge in [0.15, 0.2) is 0 Å². The van der Waals surface area contributed by atoms with Gasteiger partial charge in [-0.15, -0.1) is 0 Å². The van der Waals surface area contributed by atoms with Gasteiger partial charge in [0.1, 0.15) is 18.3 Å². The van der Waals surface area contributed by atoms with Crippen molar-refractivity contribution in [3.63, 3.8) is 0 Å². The van der Waals surface area contributed by atoms with Crippen LogP contribution < -0.4 is 14.4 Å². The fraction of sp³-hybridized carbons (Fsp3) is 0.297. The van der Waals surface area contributed by atoms with Crippen LogP contribution in [0.25, 0.3) is 0 Å². The second-order valence-electron chi connectivity index (χ2n) is 11.2. The Morgan fingerprint density at radius 3 is 2.17 bits per heavy atom. The molecule has 47 heavy (non-hydrogen) atoms. The highest BCUT2D eigenvalue weighted by molar-refractivity contribution is 7.92. The minimum atomic E-state index is -4.25.